The lowest BCUT2D eigenvalue weighted by molar-refractivity contribution is 0.576. The van der Waals surface area contributed by atoms with Crippen LogP contribution in [0.1, 0.15) is 48.1 Å². The fourth-order valence-electron chi connectivity index (χ4n) is 3.11. The van der Waals surface area contributed by atoms with Gasteiger partial charge in [0, 0.05) is 11.4 Å². The lowest BCUT2D eigenvalue weighted by Crippen LogP contribution is -2.25. The summed E-state index contributed by atoms with van der Waals surface area (Å²) in [6.45, 7) is 1.89. The van der Waals surface area contributed by atoms with Gasteiger partial charge in [-0.15, -0.1) is 0 Å². The molecule has 24 heavy (non-hydrogen) atoms. The van der Waals surface area contributed by atoms with E-state index in [-0.39, 0.29) is 6.04 Å². The number of hydrogen-bond donors (Lipinski definition) is 1. The zero-order valence-electron chi connectivity index (χ0n) is 13.9. The summed E-state index contributed by atoms with van der Waals surface area (Å²) in [4.78, 5) is 0. The number of benzene rings is 2. The van der Waals surface area contributed by atoms with E-state index in [9.17, 15) is 8.42 Å². The van der Waals surface area contributed by atoms with Crippen molar-refractivity contribution >= 4 is 16.1 Å². The highest BCUT2D eigenvalue weighted by atomic mass is 32.2. The molecule has 0 spiro atoms. The van der Waals surface area contributed by atoms with E-state index < -0.39 is 10.0 Å². The predicted octanol–water partition coefficient (Wildman–Crippen LogP) is 4.22. The number of sulfonamides is 1. The largest absolute Gasteiger partial charge is 0.234 e. The zero-order valence-corrected chi connectivity index (χ0v) is 14.7. The van der Waals surface area contributed by atoms with Gasteiger partial charge in [0.25, 0.3) is 0 Å². The van der Waals surface area contributed by atoms with Crippen LogP contribution >= 0.6 is 0 Å². The number of aryl methyl sites for hydroxylation is 2. The third kappa shape index (κ3) is 4.34. The van der Waals surface area contributed by atoms with Crippen LogP contribution in [0.4, 0.5) is 0 Å². The Morgan fingerprint density at radius 2 is 1.71 bits per heavy atom. The molecule has 0 aliphatic heterocycles. The lowest BCUT2D eigenvalue weighted by Gasteiger charge is -2.19. The molecule has 1 atom stereocenters. The Morgan fingerprint density at radius 3 is 2.46 bits per heavy atom. The molecule has 1 unspecified atom stereocenters. The first-order valence-corrected chi connectivity index (χ1v) is 9.95. The van der Waals surface area contributed by atoms with Gasteiger partial charge in [0.15, 0.2) is 0 Å². The van der Waals surface area contributed by atoms with Gasteiger partial charge >= 0.3 is 0 Å². The summed E-state index contributed by atoms with van der Waals surface area (Å²) in [5, 5.41) is 1.23. The molecule has 3 nitrogen and oxygen atoms in total. The van der Waals surface area contributed by atoms with E-state index in [2.05, 4.69) is 16.9 Å². The van der Waals surface area contributed by atoms with Gasteiger partial charge in [-0.1, -0.05) is 48.5 Å². The predicted molar refractivity (Wildman–Crippen MR) is 99.0 cm³/mol. The van der Waals surface area contributed by atoms with Crippen LogP contribution in [0.15, 0.2) is 53.9 Å². The Morgan fingerprint density at radius 1 is 1.00 bits per heavy atom. The van der Waals surface area contributed by atoms with Crippen molar-refractivity contribution in [2.45, 2.75) is 38.6 Å². The van der Waals surface area contributed by atoms with Crippen LogP contribution in [-0.2, 0) is 22.9 Å². The Kier molecular flexibility index (Phi) is 5.17. The highest BCUT2D eigenvalue weighted by molar-refractivity contribution is 7.92. The topological polar surface area (TPSA) is 46.2 Å². The first-order chi connectivity index (χ1) is 11.5. The first kappa shape index (κ1) is 16.9. The molecule has 4 heteroatoms. The second-order valence-electron chi connectivity index (χ2n) is 6.33. The molecule has 2 aromatic rings. The monoisotopic (exact) mass is 341 g/mol. The fraction of sp³-hybridized carbons (Fsp3) is 0.300. The van der Waals surface area contributed by atoms with Gasteiger partial charge in [0.1, 0.15) is 0 Å². The fourth-order valence-corrected chi connectivity index (χ4v) is 4.15. The lowest BCUT2D eigenvalue weighted by atomic mass is 9.89. The normalized spacial score (nSPS) is 16.0. The molecule has 1 aliphatic rings. The molecule has 0 aromatic heterocycles. The molecule has 2 aromatic carbocycles. The molecule has 0 saturated heterocycles. The second kappa shape index (κ2) is 7.32. The molecule has 0 radical (unpaired) electrons. The van der Waals surface area contributed by atoms with Crippen molar-refractivity contribution in [1.82, 2.24) is 4.72 Å². The SMILES string of the molecule is CC(NS(=O)(=O)/C=C/c1ccccc1)c1ccc2c(c1)CCCC2. The Bertz CT molecular complexity index is 826. The second-order valence-corrected chi connectivity index (χ2v) is 7.93. The molecule has 0 fully saturated rings. The molecule has 0 saturated carbocycles. The maximum absolute atomic E-state index is 12.3. The number of nitrogens with one attached hydrogen (secondary N) is 1. The molecule has 1 N–H and O–H groups in total. The van der Waals surface area contributed by atoms with E-state index in [1.807, 2.05) is 43.3 Å². The van der Waals surface area contributed by atoms with Crippen molar-refractivity contribution in [2.24, 2.45) is 0 Å². The van der Waals surface area contributed by atoms with Gasteiger partial charge in [0.2, 0.25) is 10.0 Å². The number of rotatable bonds is 5. The van der Waals surface area contributed by atoms with E-state index in [0.29, 0.717) is 0 Å². The van der Waals surface area contributed by atoms with E-state index in [4.69, 9.17) is 0 Å². The minimum Gasteiger partial charge on any atom is -0.208 e. The molecule has 0 bridgehead atoms. The zero-order chi connectivity index (χ0) is 17.0. The van der Waals surface area contributed by atoms with Gasteiger partial charge in [-0.05, 0) is 60.9 Å². The van der Waals surface area contributed by atoms with Gasteiger partial charge in [-0.25, -0.2) is 13.1 Å². The highest BCUT2D eigenvalue weighted by Crippen LogP contribution is 2.25. The van der Waals surface area contributed by atoms with Crippen LogP contribution in [0.25, 0.3) is 6.08 Å². The van der Waals surface area contributed by atoms with Crippen molar-refractivity contribution in [3.8, 4) is 0 Å². The Labute approximate surface area is 144 Å². The van der Waals surface area contributed by atoms with Gasteiger partial charge in [-0.3, -0.25) is 0 Å². The van der Waals surface area contributed by atoms with Crippen LogP contribution in [0, 0.1) is 0 Å². The smallest absolute Gasteiger partial charge is 0.208 e. The summed E-state index contributed by atoms with van der Waals surface area (Å²) < 4.78 is 27.3. The summed E-state index contributed by atoms with van der Waals surface area (Å²) >= 11 is 0. The maximum atomic E-state index is 12.3. The van der Waals surface area contributed by atoms with Crippen LogP contribution < -0.4 is 4.72 Å². The van der Waals surface area contributed by atoms with Crippen molar-refractivity contribution < 1.29 is 8.42 Å². The van der Waals surface area contributed by atoms with Crippen LogP contribution in [0.5, 0.6) is 0 Å². The summed E-state index contributed by atoms with van der Waals surface area (Å²) in [5.41, 5.74) is 4.66. The Balaban J connectivity index is 1.71. The number of fused-ring (bicyclic) bond motifs is 1. The first-order valence-electron chi connectivity index (χ1n) is 8.41. The molecular weight excluding hydrogens is 318 g/mol. The maximum Gasteiger partial charge on any atom is 0.234 e. The average molecular weight is 341 g/mol. The molecule has 1 aliphatic carbocycles. The van der Waals surface area contributed by atoms with E-state index in [1.165, 1.54) is 29.4 Å². The minimum absolute atomic E-state index is 0.248. The van der Waals surface area contributed by atoms with E-state index in [1.54, 1.807) is 6.08 Å². The molecule has 0 heterocycles. The molecule has 0 amide bonds. The van der Waals surface area contributed by atoms with Crippen molar-refractivity contribution in [2.75, 3.05) is 0 Å². The van der Waals surface area contributed by atoms with Gasteiger partial charge < -0.3 is 0 Å². The quantitative estimate of drug-likeness (QED) is 0.885. The van der Waals surface area contributed by atoms with Gasteiger partial charge in [0.05, 0.1) is 0 Å². The van der Waals surface area contributed by atoms with Crippen molar-refractivity contribution in [3.05, 3.63) is 76.2 Å². The third-order valence-electron chi connectivity index (χ3n) is 4.45. The van der Waals surface area contributed by atoms with E-state index in [0.717, 1.165) is 24.0 Å². The molecule has 3 rings (SSSR count). The van der Waals surface area contributed by atoms with Crippen LogP contribution in [-0.4, -0.2) is 8.42 Å². The standard InChI is InChI=1S/C20H23NO2S/c1-16(19-12-11-18-9-5-6-10-20(18)15-19)21-24(22,23)14-13-17-7-3-2-4-8-17/h2-4,7-8,11-16,21H,5-6,9-10H2,1H3/b14-13+. The summed E-state index contributed by atoms with van der Waals surface area (Å²) in [7, 11) is -3.48. The van der Waals surface area contributed by atoms with Crippen molar-refractivity contribution in [1.29, 1.82) is 0 Å². The average Bonchev–Trinajstić information content (AvgIpc) is 2.60. The van der Waals surface area contributed by atoms with Crippen LogP contribution in [0.2, 0.25) is 0 Å². The van der Waals surface area contributed by atoms with Crippen molar-refractivity contribution in [3.63, 3.8) is 0 Å². The summed E-state index contributed by atoms with van der Waals surface area (Å²) in [5.74, 6) is 0. The van der Waals surface area contributed by atoms with Crippen LogP contribution in [0.3, 0.4) is 0 Å². The summed E-state index contributed by atoms with van der Waals surface area (Å²) in [6, 6.07) is 15.5. The Hall–Kier alpha value is -1.91. The summed E-state index contributed by atoms with van der Waals surface area (Å²) in [6.07, 6.45) is 6.31. The molecular formula is C20H23NO2S. The number of hydrogen-bond acceptors (Lipinski definition) is 2. The van der Waals surface area contributed by atoms with E-state index >= 15 is 0 Å². The minimum atomic E-state index is -3.48. The molecule has 126 valence electrons. The van der Waals surface area contributed by atoms with Gasteiger partial charge in [-0.2, -0.15) is 0 Å². The third-order valence-corrected chi connectivity index (χ3v) is 5.63. The highest BCUT2D eigenvalue weighted by Gasteiger charge is 2.16.